The van der Waals surface area contributed by atoms with E-state index in [0.29, 0.717) is 0 Å². The molecule has 0 radical (unpaired) electrons. The average molecular weight is 945 g/mol. The Morgan fingerprint density at radius 1 is 0.414 bits per heavy atom. The molecule has 364 valence electrons. The summed E-state index contributed by atoms with van der Waals surface area (Å²) in [6.07, 6.45) is 7.14. The lowest BCUT2D eigenvalue weighted by Crippen LogP contribution is -2.63. The molecule has 0 amide bonds. The van der Waals surface area contributed by atoms with Crippen LogP contribution in [-0.4, -0.2) is 6.71 Å². The molecule has 4 heteroatoms. The maximum atomic E-state index is 2.74. The second kappa shape index (κ2) is 15.0. The van der Waals surface area contributed by atoms with Gasteiger partial charge in [-0.2, -0.15) is 0 Å². The molecule has 0 saturated carbocycles. The van der Waals surface area contributed by atoms with Crippen molar-refractivity contribution in [3.8, 4) is 11.1 Å². The van der Waals surface area contributed by atoms with Gasteiger partial charge in [0.2, 0.25) is 0 Å². The zero-order valence-electron chi connectivity index (χ0n) is 46.3. The van der Waals surface area contributed by atoms with Gasteiger partial charge in [0.25, 0.3) is 6.71 Å². The maximum absolute atomic E-state index is 2.74. The topological polar surface area (TPSA) is 6.48 Å². The first-order valence-corrected chi connectivity index (χ1v) is 27.7. The van der Waals surface area contributed by atoms with Crippen LogP contribution in [0.4, 0.5) is 33.4 Å². The fourth-order valence-corrected chi connectivity index (χ4v) is 15.3. The quantitative estimate of drug-likeness (QED) is 0.163. The van der Waals surface area contributed by atoms with Gasteiger partial charge in [-0.3, -0.25) is 0 Å². The molecule has 0 spiro atoms. The molecule has 2 aliphatic heterocycles. The van der Waals surface area contributed by atoms with Crippen molar-refractivity contribution in [1.29, 1.82) is 0 Å². The first-order valence-electron chi connectivity index (χ1n) is 26.9. The fourth-order valence-electron chi connectivity index (χ4n) is 13.6. The Bertz CT molecular complexity index is 3120. The zero-order valence-corrected chi connectivity index (χ0v) is 47.1. The molecule has 0 N–H and O–H groups in total. The smallest absolute Gasteiger partial charge is 0.253 e. The van der Waals surface area contributed by atoms with Crippen molar-refractivity contribution in [3.05, 3.63) is 135 Å². The minimum absolute atomic E-state index is 0.0214. The Balaban J connectivity index is 1.30. The number of hydrogen-bond acceptors (Lipinski definition) is 3. The van der Waals surface area contributed by atoms with Crippen molar-refractivity contribution in [3.63, 3.8) is 0 Å². The third-order valence-electron chi connectivity index (χ3n) is 18.7. The number of fused-ring (bicyclic) bond motifs is 8. The summed E-state index contributed by atoms with van der Waals surface area (Å²) >= 11 is 2.11. The Morgan fingerprint density at radius 2 is 0.857 bits per heavy atom. The van der Waals surface area contributed by atoms with E-state index in [1.807, 2.05) is 0 Å². The van der Waals surface area contributed by atoms with Crippen molar-refractivity contribution < 1.29 is 0 Å². The minimum atomic E-state index is 0.0214. The van der Waals surface area contributed by atoms with E-state index >= 15 is 0 Å². The molecule has 0 atom stereocenters. The van der Waals surface area contributed by atoms with Gasteiger partial charge in [0.15, 0.2) is 0 Å². The summed E-state index contributed by atoms with van der Waals surface area (Å²) in [5, 5.41) is 1.41. The third-order valence-corrected chi connectivity index (χ3v) is 20.3. The highest BCUT2D eigenvalue weighted by Crippen LogP contribution is 2.57. The van der Waals surface area contributed by atoms with Gasteiger partial charge < -0.3 is 9.80 Å². The minimum Gasteiger partial charge on any atom is -0.311 e. The lowest BCUT2D eigenvalue weighted by atomic mass is 9.32. The molecule has 6 aromatic rings. The van der Waals surface area contributed by atoms with E-state index in [-0.39, 0.29) is 50.0 Å². The molecule has 3 aliphatic carbocycles. The van der Waals surface area contributed by atoms with E-state index in [1.165, 1.54) is 127 Å². The summed E-state index contributed by atoms with van der Waals surface area (Å²) in [4.78, 5) is 7.03. The largest absolute Gasteiger partial charge is 0.311 e. The SMILES string of the molecule is CC(C)(C)c1ccc(N2c3cc4c(cc3B3c5c2cc(-c2ccc6c(c2)C(C)(C)CCC6(C)C)cc5N(c2ccc(C(C)(C)C)cc2)c2sc5c(c23)C(C)(C)CCC5(C)C)C(C)(C)CCC4(C)C)cc1. The number of nitrogens with zero attached hydrogens (tertiary/aromatic N) is 2. The van der Waals surface area contributed by atoms with Gasteiger partial charge in [0.05, 0.1) is 5.00 Å². The van der Waals surface area contributed by atoms with Crippen LogP contribution >= 0.6 is 11.3 Å². The molecule has 70 heavy (non-hydrogen) atoms. The average Bonchev–Trinajstić information content (AvgIpc) is 3.70. The summed E-state index contributed by atoms with van der Waals surface area (Å²) in [5.41, 5.74) is 24.5. The van der Waals surface area contributed by atoms with E-state index < -0.39 is 0 Å². The summed E-state index contributed by atoms with van der Waals surface area (Å²) < 4.78 is 0. The monoisotopic (exact) mass is 945 g/mol. The van der Waals surface area contributed by atoms with Gasteiger partial charge in [-0.15, -0.1) is 11.3 Å². The van der Waals surface area contributed by atoms with E-state index in [0.717, 1.165) is 0 Å². The summed E-state index contributed by atoms with van der Waals surface area (Å²) in [5.74, 6) is 0. The molecule has 11 rings (SSSR count). The second-order valence-electron chi connectivity index (χ2n) is 28.7. The number of rotatable bonds is 3. The van der Waals surface area contributed by atoms with Crippen LogP contribution in [0.15, 0.2) is 91.0 Å². The highest BCUT2D eigenvalue weighted by molar-refractivity contribution is 7.20. The zero-order chi connectivity index (χ0) is 50.3. The van der Waals surface area contributed by atoms with Crippen LogP contribution in [0.3, 0.4) is 0 Å². The van der Waals surface area contributed by atoms with Crippen LogP contribution in [0.1, 0.15) is 207 Å². The lowest BCUT2D eigenvalue weighted by molar-refractivity contribution is 0.332. The molecule has 0 saturated heterocycles. The molecule has 0 bridgehead atoms. The standard InChI is InChI=1S/C66H81BN2S/c1-59(2,3)42-20-24-44(25-21-42)68-51-39-49-48(63(11,12)31-32-64(49,13)14)38-50(51)67-55-52(68)36-41(40-19-28-46-47(35-40)62(9,10)30-29-61(46,7)8)37-53(55)69(45-26-22-43(23-27-45)60(4,5)6)58-56(67)54-57(70-58)66(17,18)34-33-65(54,15)16/h19-28,35-39H,29-34H2,1-18H3. The van der Waals surface area contributed by atoms with Gasteiger partial charge in [0.1, 0.15) is 0 Å². The molecule has 0 fully saturated rings. The number of thiophene rings is 1. The van der Waals surface area contributed by atoms with Crippen LogP contribution in [0.2, 0.25) is 0 Å². The normalized spacial score (nSPS) is 20.7. The van der Waals surface area contributed by atoms with Gasteiger partial charge >= 0.3 is 0 Å². The molecule has 2 nitrogen and oxygen atoms in total. The first kappa shape index (κ1) is 47.8. The van der Waals surface area contributed by atoms with Crippen LogP contribution in [0.25, 0.3) is 11.1 Å². The van der Waals surface area contributed by atoms with Gasteiger partial charge in [0, 0.05) is 33.3 Å². The van der Waals surface area contributed by atoms with Crippen LogP contribution in [0.5, 0.6) is 0 Å². The van der Waals surface area contributed by atoms with Crippen molar-refractivity contribution in [1.82, 2.24) is 0 Å². The van der Waals surface area contributed by atoms with E-state index in [4.69, 9.17) is 0 Å². The van der Waals surface area contributed by atoms with E-state index in [2.05, 4.69) is 237 Å². The van der Waals surface area contributed by atoms with Crippen LogP contribution in [-0.2, 0) is 43.3 Å². The van der Waals surface area contributed by atoms with Crippen molar-refractivity contribution >= 4 is 67.9 Å². The highest BCUT2D eigenvalue weighted by Gasteiger charge is 2.52. The van der Waals surface area contributed by atoms with E-state index in [9.17, 15) is 0 Å². The fraction of sp³-hybridized carbons (Fsp3) is 0.485. The Kier molecular flexibility index (Phi) is 10.3. The van der Waals surface area contributed by atoms with Crippen molar-refractivity contribution in [2.45, 2.75) is 206 Å². The molecular formula is C66H81BN2S. The van der Waals surface area contributed by atoms with E-state index in [1.54, 1.807) is 15.9 Å². The highest BCUT2D eigenvalue weighted by atomic mass is 32.1. The number of hydrogen-bond donors (Lipinski definition) is 0. The molecule has 1 aromatic heterocycles. The van der Waals surface area contributed by atoms with Crippen LogP contribution < -0.4 is 26.2 Å². The van der Waals surface area contributed by atoms with Crippen molar-refractivity contribution in [2.75, 3.05) is 9.80 Å². The third kappa shape index (κ3) is 7.20. The summed E-state index contributed by atoms with van der Waals surface area (Å²) in [6, 6.07) is 37.5. The van der Waals surface area contributed by atoms with Gasteiger partial charge in [-0.05, 0) is 191 Å². The lowest BCUT2D eigenvalue weighted by Gasteiger charge is -2.48. The molecule has 5 aromatic carbocycles. The summed E-state index contributed by atoms with van der Waals surface area (Å²) in [6.45, 7) is 44.2. The number of benzene rings is 5. The van der Waals surface area contributed by atoms with Gasteiger partial charge in [-0.1, -0.05) is 173 Å². The molecule has 5 aliphatic rings. The predicted molar refractivity (Wildman–Crippen MR) is 307 cm³/mol. The molecule has 3 heterocycles. The molecule has 0 unspecified atom stereocenters. The molecular weight excluding hydrogens is 864 g/mol. The Hall–Kier alpha value is -4.54. The summed E-state index contributed by atoms with van der Waals surface area (Å²) in [7, 11) is 0. The van der Waals surface area contributed by atoms with Crippen LogP contribution in [0, 0.1) is 0 Å². The maximum Gasteiger partial charge on any atom is 0.253 e. The Labute approximate surface area is 427 Å². The Morgan fingerprint density at radius 3 is 1.39 bits per heavy atom. The predicted octanol–water partition coefficient (Wildman–Crippen LogP) is 17.1. The van der Waals surface area contributed by atoms with Gasteiger partial charge in [-0.25, -0.2) is 0 Å². The number of anilines is 6. The first-order chi connectivity index (χ1) is 32.4. The van der Waals surface area contributed by atoms with Crippen molar-refractivity contribution in [2.24, 2.45) is 0 Å². The second-order valence-corrected chi connectivity index (χ2v) is 29.7.